The minimum atomic E-state index is -1.51. The molecule has 1 aromatic rings. The smallest absolute Gasteiger partial charge is 0.242 e. The van der Waals surface area contributed by atoms with Crippen LogP contribution in [0.3, 0.4) is 0 Å². The second-order valence-corrected chi connectivity index (χ2v) is 9.88. The third kappa shape index (κ3) is 4.82. The van der Waals surface area contributed by atoms with Crippen LogP contribution in [0.2, 0.25) is 19.6 Å². The van der Waals surface area contributed by atoms with Crippen molar-refractivity contribution in [3.8, 4) is 5.75 Å². The molecule has 1 aromatic carbocycles. The quantitative estimate of drug-likeness (QED) is 0.858. The maximum atomic E-state index is 5.95. The predicted molar refractivity (Wildman–Crippen MR) is 70.9 cm³/mol. The van der Waals surface area contributed by atoms with Gasteiger partial charge in [0.1, 0.15) is 5.75 Å². The van der Waals surface area contributed by atoms with Crippen LogP contribution in [0.25, 0.3) is 0 Å². The molecule has 0 aliphatic heterocycles. The molecule has 1 rings (SSSR count). The Labute approximate surface area is 101 Å². The molecule has 2 nitrogen and oxygen atoms in total. The molecule has 0 saturated carbocycles. The monoisotopic (exact) mass is 287 g/mol. The van der Waals surface area contributed by atoms with Gasteiger partial charge in [-0.1, -0.05) is 15.9 Å². The fourth-order valence-electron chi connectivity index (χ4n) is 1.34. The Hall–Kier alpha value is -0.323. The van der Waals surface area contributed by atoms with E-state index in [1.807, 2.05) is 13.1 Å². The van der Waals surface area contributed by atoms with Gasteiger partial charge in [0.15, 0.2) is 0 Å². The van der Waals surface area contributed by atoms with Gasteiger partial charge in [-0.3, -0.25) is 0 Å². The lowest BCUT2D eigenvalue weighted by atomic mass is 10.2. The molecule has 1 N–H and O–H groups in total. The molecule has 84 valence electrons. The van der Waals surface area contributed by atoms with E-state index in [1.165, 1.54) is 5.56 Å². The van der Waals surface area contributed by atoms with Gasteiger partial charge in [-0.15, -0.1) is 0 Å². The van der Waals surface area contributed by atoms with Gasteiger partial charge >= 0.3 is 0 Å². The fraction of sp³-hybridized carbons (Fsp3) is 0.455. The summed E-state index contributed by atoms with van der Waals surface area (Å²) in [5.41, 5.74) is 1.24. The van der Waals surface area contributed by atoms with Crippen molar-refractivity contribution in [2.24, 2.45) is 0 Å². The molecule has 0 amide bonds. The van der Waals surface area contributed by atoms with Crippen molar-refractivity contribution in [3.05, 3.63) is 28.2 Å². The molecule has 0 aliphatic rings. The summed E-state index contributed by atoms with van der Waals surface area (Å²) in [4.78, 5) is 0. The fourth-order valence-corrected chi connectivity index (χ4v) is 2.68. The standard InChI is InChI=1S/C11H18BrNOSi/c1-13-8-9-5-10(12)7-11(6-9)14-15(2,3)4/h5-7,13H,8H2,1-4H3. The highest BCUT2D eigenvalue weighted by atomic mass is 79.9. The Balaban J connectivity index is 2.88. The van der Waals surface area contributed by atoms with Gasteiger partial charge in [-0.25, -0.2) is 0 Å². The molecule has 0 atom stereocenters. The van der Waals surface area contributed by atoms with Crippen LogP contribution in [-0.2, 0) is 6.54 Å². The molecule has 0 heterocycles. The summed E-state index contributed by atoms with van der Waals surface area (Å²) < 4.78 is 7.02. The van der Waals surface area contributed by atoms with Crippen LogP contribution >= 0.6 is 15.9 Å². The average molecular weight is 288 g/mol. The normalized spacial score (nSPS) is 11.5. The highest BCUT2D eigenvalue weighted by Crippen LogP contribution is 2.23. The second-order valence-electron chi connectivity index (χ2n) is 4.54. The van der Waals surface area contributed by atoms with Gasteiger partial charge in [0, 0.05) is 11.0 Å². The van der Waals surface area contributed by atoms with Crippen molar-refractivity contribution in [2.75, 3.05) is 7.05 Å². The second kappa shape index (κ2) is 5.14. The van der Waals surface area contributed by atoms with Crippen LogP contribution in [0.4, 0.5) is 0 Å². The number of hydrogen-bond acceptors (Lipinski definition) is 2. The first kappa shape index (κ1) is 12.7. The molecule has 0 fully saturated rings. The minimum Gasteiger partial charge on any atom is -0.544 e. The van der Waals surface area contributed by atoms with Gasteiger partial charge in [-0.05, 0) is 50.5 Å². The molecular formula is C11H18BrNOSi. The zero-order chi connectivity index (χ0) is 11.5. The predicted octanol–water partition coefficient (Wildman–Crippen LogP) is 3.38. The Bertz CT molecular complexity index is 336. The summed E-state index contributed by atoms with van der Waals surface area (Å²) in [7, 11) is 0.436. The lowest BCUT2D eigenvalue weighted by molar-refractivity contribution is 0.556. The maximum absolute atomic E-state index is 5.95. The maximum Gasteiger partial charge on any atom is 0.242 e. The molecule has 0 spiro atoms. The zero-order valence-electron chi connectivity index (χ0n) is 9.73. The lowest BCUT2D eigenvalue weighted by Crippen LogP contribution is -2.29. The molecule has 0 radical (unpaired) electrons. The SMILES string of the molecule is CNCc1cc(Br)cc(O[Si](C)(C)C)c1. The van der Waals surface area contributed by atoms with E-state index in [4.69, 9.17) is 4.43 Å². The van der Waals surface area contributed by atoms with E-state index in [1.54, 1.807) is 0 Å². The summed E-state index contributed by atoms with van der Waals surface area (Å²) in [5, 5.41) is 3.14. The van der Waals surface area contributed by atoms with Crippen LogP contribution in [0, 0.1) is 0 Å². The number of rotatable bonds is 4. The zero-order valence-corrected chi connectivity index (χ0v) is 12.3. The van der Waals surface area contributed by atoms with Gasteiger partial charge in [0.25, 0.3) is 0 Å². The van der Waals surface area contributed by atoms with E-state index >= 15 is 0 Å². The first-order valence-corrected chi connectivity index (χ1v) is 9.24. The van der Waals surface area contributed by atoms with Crippen molar-refractivity contribution in [1.29, 1.82) is 0 Å². The number of benzene rings is 1. The Kier molecular flexibility index (Phi) is 4.37. The van der Waals surface area contributed by atoms with E-state index in [0.717, 1.165) is 16.8 Å². The summed E-state index contributed by atoms with van der Waals surface area (Å²) in [5.74, 6) is 0.966. The molecule has 4 heteroatoms. The van der Waals surface area contributed by atoms with Crippen molar-refractivity contribution >= 4 is 24.2 Å². The topological polar surface area (TPSA) is 21.3 Å². The van der Waals surface area contributed by atoms with Crippen molar-refractivity contribution in [1.82, 2.24) is 5.32 Å². The lowest BCUT2D eigenvalue weighted by Gasteiger charge is -2.20. The van der Waals surface area contributed by atoms with Crippen molar-refractivity contribution in [2.45, 2.75) is 26.2 Å². The van der Waals surface area contributed by atoms with Crippen molar-refractivity contribution < 1.29 is 4.43 Å². The highest BCUT2D eigenvalue weighted by molar-refractivity contribution is 9.10. The van der Waals surface area contributed by atoms with Gasteiger partial charge < -0.3 is 9.74 Å². The number of nitrogens with one attached hydrogen (secondary N) is 1. The van der Waals surface area contributed by atoms with Crippen molar-refractivity contribution in [3.63, 3.8) is 0 Å². The molecule has 0 aromatic heterocycles. The largest absolute Gasteiger partial charge is 0.544 e. The molecular weight excluding hydrogens is 270 g/mol. The third-order valence-corrected chi connectivity index (χ3v) is 3.04. The van der Waals surface area contributed by atoms with E-state index < -0.39 is 8.32 Å². The first-order valence-electron chi connectivity index (χ1n) is 5.04. The molecule has 15 heavy (non-hydrogen) atoms. The van der Waals surface area contributed by atoms with E-state index in [0.29, 0.717) is 0 Å². The van der Waals surface area contributed by atoms with Gasteiger partial charge in [-0.2, -0.15) is 0 Å². The highest BCUT2D eigenvalue weighted by Gasteiger charge is 2.16. The molecule has 0 unspecified atom stereocenters. The minimum absolute atomic E-state index is 0.863. The van der Waals surface area contributed by atoms with E-state index in [2.05, 4.69) is 53.0 Å². The van der Waals surface area contributed by atoms with Crippen LogP contribution in [-0.4, -0.2) is 15.4 Å². The van der Waals surface area contributed by atoms with E-state index in [9.17, 15) is 0 Å². The summed E-state index contributed by atoms with van der Waals surface area (Å²) in [6, 6.07) is 6.23. The average Bonchev–Trinajstić information content (AvgIpc) is 1.99. The Morgan fingerprint density at radius 2 is 1.93 bits per heavy atom. The molecule has 0 bridgehead atoms. The number of hydrogen-bond donors (Lipinski definition) is 1. The first-order chi connectivity index (χ1) is 6.90. The Morgan fingerprint density at radius 1 is 1.27 bits per heavy atom. The van der Waals surface area contributed by atoms with E-state index in [-0.39, 0.29) is 0 Å². The van der Waals surface area contributed by atoms with Crippen LogP contribution in [0.5, 0.6) is 5.75 Å². The van der Waals surface area contributed by atoms with Crippen LogP contribution in [0.15, 0.2) is 22.7 Å². The number of halogens is 1. The summed E-state index contributed by atoms with van der Waals surface area (Å²) >= 11 is 3.50. The third-order valence-electron chi connectivity index (χ3n) is 1.74. The van der Waals surface area contributed by atoms with Gasteiger partial charge in [0.2, 0.25) is 8.32 Å². The van der Waals surface area contributed by atoms with Crippen LogP contribution in [0.1, 0.15) is 5.56 Å². The summed E-state index contributed by atoms with van der Waals surface area (Å²) in [6.45, 7) is 7.42. The molecule has 0 aliphatic carbocycles. The summed E-state index contributed by atoms with van der Waals surface area (Å²) in [6.07, 6.45) is 0. The van der Waals surface area contributed by atoms with Gasteiger partial charge in [0.05, 0.1) is 0 Å². The Morgan fingerprint density at radius 3 is 2.47 bits per heavy atom. The van der Waals surface area contributed by atoms with Crippen LogP contribution < -0.4 is 9.74 Å². The molecule has 0 saturated heterocycles.